The minimum absolute atomic E-state index is 0.00453. The third kappa shape index (κ3) is 7.12. The van der Waals surface area contributed by atoms with Crippen molar-refractivity contribution < 1.29 is 14.3 Å². The van der Waals surface area contributed by atoms with Gasteiger partial charge < -0.3 is 25.0 Å². The van der Waals surface area contributed by atoms with Gasteiger partial charge >= 0.3 is 0 Å². The number of amides is 1. The first-order chi connectivity index (χ1) is 14.0. The van der Waals surface area contributed by atoms with E-state index in [2.05, 4.69) is 15.6 Å². The lowest BCUT2D eigenvalue weighted by molar-refractivity contribution is 0.0827. The highest BCUT2D eigenvalue weighted by atomic mass is 16.5. The number of benzene rings is 2. The zero-order chi connectivity index (χ0) is 21.1. The van der Waals surface area contributed by atoms with Gasteiger partial charge in [-0.2, -0.15) is 0 Å². The second-order valence-electron chi connectivity index (χ2n) is 6.61. The van der Waals surface area contributed by atoms with Gasteiger partial charge in [-0.25, -0.2) is 0 Å². The first kappa shape index (κ1) is 22.2. The minimum atomic E-state index is -0.00453. The first-order valence-electron chi connectivity index (χ1n) is 9.50. The highest BCUT2D eigenvalue weighted by Crippen LogP contribution is 2.17. The number of rotatable bonds is 9. The lowest BCUT2D eigenvalue weighted by Crippen LogP contribution is -2.38. The van der Waals surface area contributed by atoms with Gasteiger partial charge in [0.05, 0.1) is 20.3 Å². The molecule has 0 heterocycles. The quantitative estimate of drug-likeness (QED) is 0.385. The van der Waals surface area contributed by atoms with E-state index in [-0.39, 0.29) is 5.91 Å². The molecule has 0 aliphatic carbocycles. The van der Waals surface area contributed by atoms with Crippen molar-refractivity contribution >= 4 is 11.9 Å². The number of nitrogens with zero attached hydrogens (tertiary/aromatic N) is 2. The molecule has 0 aromatic heterocycles. The van der Waals surface area contributed by atoms with Crippen molar-refractivity contribution in [1.82, 2.24) is 15.5 Å². The molecule has 7 heteroatoms. The van der Waals surface area contributed by atoms with E-state index in [0.717, 1.165) is 16.9 Å². The van der Waals surface area contributed by atoms with Gasteiger partial charge in [-0.05, 0) is 23.8 Å². The molecule has 0 aliphatic heterocycles. The van der Waals surface area contributed by atoms with Crippen LogP contribution in [0.15, 0.2) is 53.5 Å². The predicted molar refractivity (Wildman–Crippen MR) is 115 cm³/mol. The van der Waals surface area contributed by atoms with Crippen LogP contribution in [0.5, 0.6) is 5.75 Å². The molecule has 2 aromatic carbocycles. The molecule has 0 fully saturated rings. The van der Waals surface area contributed by atoms with Gasteiger partial charge in [-0.3, -0.25) is 9.79 Å². The van der Waals surface area contributed by atoms with E-state index in [1.54, 1.807) is 33.2 Å². The van der Waals surface area contributed by atoms with Gasteiger partial charge in [0, 0.05) is 45.4 Å². The molecule has 2 aromatic rings. The summed E-state index contributed by atoms with van der Waals surface area (Å²) in [5.41, 5.74) is 2.76. The van der Waals surface area contributed by atoms with Gasteiger partial charge in [0.15, 0.2) is 5.96 Å². The Balaban J connectivity index is 1.71. The van der Waals surface area contributed by atoms with Crippen LogP contribution in [0.2, 0.25) is 0 Å². The maximum Gasteiger partial charge on any atom is 0.253 e. The first-order valence-corrected chi connectivity index (χ1v) is 9.50. The Hall–Kier alpha value is -3.06. The van der Waals surface area contributed by atoms with Crippen LogP contribution in [0.1, 0.15) is 21.5 Å². The number of hydrogen-bond donors (Lipinski definition) is 2. The van der Waals surface area contributed by atoms with E-state index in [1.807, 2.05) is 48.5 Å². The molecule has 0 aliphatic rings. The molecule has 0 unspecified atom stereocenters. The molecule has 0 atom stereocenters. The standard InChI is InChI=1S/C22H30N4O3/c1-23-22(24-13-14-29-16-19-7-5-6-8-20(19)28-4)25-15-17-9-11-18(12-10-17)21(27)26(2)3/h5-12H,13-16H2,1-4H3,(H2,23,24,25). The number of nitrogens with one attached hydrogen (secondary N) is 2. The van der Waals surface area contributed by atoms with Crippen LogP contribution < -0.4 is 15.4 Å². The fraction of sp³-hybridized carbons (Fsp3) is 0.364. The summed E-state index contributed by atoms with van der Waals surface area (Å²) >= 11 is 0. The van der Waals surface area contributed by atoms with E-state index >= 15 is 0 Å². The van der Waals surface area contributed by atoms with E-state index < -0.39 is 0 Å². The number of guanidine groups is 1. The lowest BCUT2D eigenvalue weighted by atomic mass is 10.1. The smallest absolute Gasteiger partial charge is 0.253 e. The fourth-order valence-corrected chi connectivity index (χ4v) is 2.68. The Kier molecular flexibility index (Phi) is 8.98. The maximum absolute atomic E-state index is 11.9. The molecule has 2 N–H and O–H groups in total. The monoisotopic (exact) mass is 398 g/mol. The predicted octanol–water partition coefficient (Wildman–Crippen LogP) is 2.28. The minimum Gasteiger partial charge on any atom is -0.496 e. The second kappa shape index (κ2) is 11.7. The summed E-state index contributed by atoms with van der Waals surface area (Å²) in [5, 5.41) is 6.47. The number of hydrogen-bond acceptors (Lipinski definition) is 4. The highest BCUT2D eigenvalue weighted by molar-refractivity contribution is 5.93. The number of ether oxygens (including phenoxy) is 2. The number of para-hydroxylation sites is 1. The highest BCUT2D eigenvalue weighted by Gasteiger charge is 2.07. The van der Waals surface area contributed by atoms with E-state index in [1.165, 1.54) is 0 Å². The van der Waals surface area contributed by atoms with Crippen LogP contribution in [-0.4, -0.2) is 58.2 Å². The van der Waals surface area contributed by atoms with Crippen molar-refractivity contribution in [2.75, 3.05) is 41.4 Å². The summed E-state index contributed by atoms with van der Waals surface area (Å²) in [4.78, 5) is 17.7. The summed E-state index contributed by atoms with van der Waals surface area (Å²) in [6.45, 7) is 2.28. The zero-order valence-electron chi connectivity index (χ0n) is 17.6. The topological polar surface area (TPSA) is 75.2 Å². The third-order valence-corrected chi connectivity index (χ3v) is 4.28. The average Bonchev–Trinajstić information content (AvgIpc) is 2.75. The van der Waals surface area contributed by atoms with Crippen molar-refractivity contribution in [2.24, 2.45) is 4.99 Å². The normalized spacial score (nSPS) is 11.1. The molecular formula is C22H30N4O3. The van der Waals surface area contributed by atoms with Crippen molar-refractivity contribution in [2.45, 2.75) is 13.2 Å². The summed E-state index contributed by atoms with van der Waals surface area (Å²) in [7, 11) is 6.87. The molecule has 0 bridgehead atoms. The molecule has 1 amide bonds. The van der Waals surface area contributed by atoms with Crippen LogP contribution in [0, 0.1) is 0 Å². The summed E-state index contributed by atoms with van der Waals surface area (Å²) < 4.78 is 11.0. The summed E-state index contributed by atoms with van der Waals surface area (Å²) in [5.74, 6) is 1.52. The van der Waals surface area contributed by atoms with E-state index in [0.29, 0.717) is 37.8 Å². The zero-order valence-corrected chi connectivity index (χ0v) is 17.6. The van der Waals surface area contributed by atoms with Crippen molar-refractivity contribution in [3.63, 3.8) is 0 Å². The van der Waals surface area contributed by atoms with Crippen LogP contribution in [0.3, 0.4) is 0 Å². The molecule has 2 rings (SSSR count). The summed E-state index contributed by atoms with van der Waals surface area (Å²) in [6, 6.07) is 15.4. The Morgan fingerprint density at radius 2 is 1.79 bits per heavy atom. The van der Waals surface area contributed by atoms with Gasteiger partial charge in [0.2, 0.25) is 0 Å². The lowest BCUT2D eigenvalue weighted by Gasteiger charge is -2.13. The fourth-order valence-electron chi connectivity index (χ4n) is 2.68. The molecule has 0 saturated heterocycles. The van der Waals surface area contributed by atoms with Crippen molar-refractivity contribution in [1.29, 1.82) is 0 Å². The Morgan fingerprint density at radius 1 is 1.07 bits per heavy atom. The van der Waals surface area contributed by atoms with Crippen LogP contribution >= 0.6 is 0 Å². The number of methoxy groups -OCH3 is 1. The third-order valence-electron chi connectivity index (χ3n) is 4.28. The van der Waals surface area contributed by atoms with Gasteiger partial charge in [0.25, 0.3) is 5.91 Å². The van der Waals surface area contributed by atoms with Crippen molar-refractivity contribution in [3.8, 4) is 5.75 Å². The van der Waals surface area contributed by atoms with Crippen molar-refractivity contribution in [3.05, 3.63) is 65.2 Å². The molecular weight excluding hydrogens is 368 g/mol. The van der Waals surface area contributed by atoms with Gasteiger partial charge in [0.1, 0.15) is 5.75 Å². The van der Waals surface area contributed by atoms with Gasteiger partial charge in [-0.15, -0.1) is 0 Å². The van der Waals surface area contributed by atoms with Gasteiger partial charge in [-0.1, -0.05) is 30.3 Å². The SMILES string of the molecule is CN=C(NCCOCc1ccccc1OC)NCc1ccc(C(=O)N(C)C)cc1. The molecule has 0 radical (unpaired) electrons. The molecule has 156 valence electrons. The Morgan fingerprint density at radius 3 is 2.45 bits per heavy atom. The molecule has 0 saturated carbocycles. The number of aliphatic imine (C=N–C) groups is 1. The largest absolute Gasteiger partial charge is 0.496 e. The number of carbonyl (C=O) groups excluding carboxylic acids is 1. The van der Waals surface area contributed by atoms with Crippen LogP contribution in [-0.2, 0) is 17.9 Å². The number of carbonyl (C=O) groups is 1. The van der Waals surface area contributed by atoms with E-state index in [9.17, 15) is 4.79 Å². The second-order valence-corrected chi connectivity index (χ2v) is 6.61. The van der Waals surface area contributed by atoms with E-state index in [4.69, 9.17) is 9.47 Å². The molecule has 0 spiro atoms. The molecule has 29 heavy (non-hydrogen) atoms. The average molecular weight is 399 g/mol. The maximum atomic E-state index is 11.9. The molecule has 7 nitrogen and oxygen atoms in total. The Labute approximate surface area is 172 Å². The van der Waals surface area contributed by atoms with Crippen LogP contribution in [0.4, 0.5) is 0 Å². The van der Waals surface area contributed by atoms with Crippen LogP contribution in [0.25, 0.3) is 0 Å². The summed E-state index contributed by atoms with van der Waals surface area (Å²) in [6.07, 6.45) is 0. The Bertz CT molecular complexity index is 804.